The summed E-state index contributed by atoms with van der Waals surface area (Å²) in [5.41, 5.74) is 2.88. The lowest BCUT2D eigenvalue weighted by molar-refractivity contribution is -0.135. The van der Waals surface area contributed by atoms with Gasteiger partial charge >= 0.3 is 0 Å². The summed E-state index contributed by atoms with van der Waals surface area (Å²) in [7, 11) is 0. The molecule has 5 heteroatoms. The first kappa shape index (κ1) is 21.1. The third-order valence-electron chi connectivity index (χ3n) is 6.79. The highest BCUT2D eigenvalue weighted by molar-refractivity contribution is 6.30. The van der Waals surface area contributed by atoms with E-state index in [1.807, 2.05) is 59.5 Å². The fourth-order valence-electron chi connectivity index (χ4n) is 4.70. The molecule has 0 saturated heterocycles. The number of benzene rings is 2. The topological polar surface area (TPSA) is 33.2 Å². The van der Waals surface area contributed by atoms with E-state index in [1.165, 1.54) is 12.1 Å². The third kappa shape index (κ3) is 4.56. The van der Waals surface area contributed by atoms with E-state index in [1.54, 1.807) is 6.20 Å². The summed E-state index contributed by atoms with van der Waals surface area (Å²) in [5.74, 6) is 0.332. The number of hydrogen-bond donors (Lipinski definition) is 0. The first-order chi connectivity index (χ1) is 15.5. The van der Waals surface area contributed by atoms with E-state index < -0.39 is 0 Å². The van der Waals surface area contributed by atoms with Crippen LogP contribution in [-0.2, 0) is 16.8 Å². The number of amides is 1. The van der Waals surface area contributed by atoms with Crippen LogP contribution in [0.3, 0.4) is 0 Å². The second kappa shape index (κ2) is 8.67. The predicted octanol–water partition coefficient (Wildman–Crippen LogP) is 6.48. The Labute approximate surface area is 193 Å². The summed E-state index contributed by atoms with van der Waals surface area (Å²) in [6.07, 6.45) is 6.34. The van der Waals surface area contributed by atoms with Crippen molar-refractivity contribution in [2.75, 3.05) is 0 Å². The van der Waals surface area contributed by atoms with Crippen molar-refractivity contribution in [1.82, 2.24) is 9.88 Å². The van der Waals surface area contributed by atoms with Gasteiger partial charge in [0.05, 0.1) is 18.3 Å². The molecule has 0 bridgehead atoms. The quantitative estimate of drug-likeness (QED) is 0.395. The molecule has 0 N–H and O–H groups in total. The second-order valence-electron chi connectivity index (χ2n) is 9.14. The summed E-state index contributed by atoms with van der Waals surface area (Å²) in [6.45, 7) is 0.475. The summed E-state index contributed by atoms with van der Waals surface area (Å²) < 4.78 is 13.5. The van der Waals surface area contributed by atoms with E-state index in [0.717, 1.165) is 42.5 Å². The average molecular weight is 449 g/mol. The number of aromatic nitrogens is 1. The molecule has 1 unspecified atom stereocenters. The van der Waals surface area contributed by atoms with E-state index in [0.29, 0.717) is 23.9 Å². The van der Waals surface area contributed by atoms with E-state index in [9.17, 15) is 9.18 Å². The molecule has 0 radical (unpaired) electrons. The summed E-state index contributed by atoms with van der Waals surface area (Å²) in [4.78, 5) is 20.4. The maximum absolute atomic E-state index is 13.9. The zero-order chi connectivity index (χ0) is 22.1. The highest BCUT2D eigenvalue weighted by Crippen LogP contribution is 2.52. The molecule has 1 heterocycles. The lowest BCUT2D eigenvalue weighted by Gasteiger charge is -2.34. The van der Waals surface area contributed by atoms with Crippen molar-refractivity contribution in [1.29, 1.82) is 0 Å². The van der Waals surface area contributed by atoms with Crippen LogP contribution in [0.2, 0.25) is 5.02 Å². The molecule has 1 amide bonds. The van der Waals surface area contributed by atoms with Crippen molar-refractivity contribution in [3.8, 4) is 0 Å². The van der Waals surface area contributed by atoms with E-state index in [2.05, 4.69) is 4.98 Å². The zero-order valence-electron chi connectivity index (χ0n) is 17.9. The van der Waals surface area contributed by atoms with Crippen molar-refractivity contribution in [3.05, 3.63) is 101 Å². The zero-order valence-corrected chi connectivity index (χ0v) is 18.6. The molecule has 2 aliphatic carbocycles. The number of rotatable bonds is 8. The number of carbonyl (C=O) groups is 1. The molecular weight excluding hydrogens is 423 g/mol. The molecule has 164 valence electrons. The summed E-state index contributed by atoms with van der Waals surface area (Å²) >= 11 is 6.14. The summed E-state index contributed by atoms with van der Waals surface area (Å²) in [5, 5.41) is 0.694. The number of halogens is 2. The molecule has 3 nitrogen and oxygen atoms in total. The molecule has 5 rings (SSSR count). The molecule has 0 spiro atoms. The van der Waals surface area contributed by atoms with Crippen LogP contribution in [0.4, 0.5) is 4.39 Å². The van der Waals surface area contributed by atoms with Gasteiger partial charge in [-0.1, -0.05) is 41.9 Å². The first-order valence-electron chi connectivity index (χ1n) is 11.2. The Morgan fingerprint density at radius 3 is 2.38 bits per heavy atom. The molecule has 3 aromatic rings. The van der Waals surface area contributed by atoms with Crippen LogP contribution in [0.1, 0.15) is 55.0 Å². The first-order valence-corrected chi connectivity index (χ1v) is 11.6. The van der Waals surface area contributed by atoms with Crippen molar-refractivity contribution in [2.24, 2.45) is 5.92 Å². The fraction of sp³-hybridized carbons (Fsp3) is 0.333. The van der Waals surface area contributed by atoms with Gasteiger partial charge in [-0.15, -0.1) is 0 Å². The van der Waals surface area contributed by atoms with E-state index >= 15 is 0 Å². The second-order valence-corrected chi connectivity index (χ2v) is 9.58. The number of hydrogen-bond acceptors (Lipinski definition) is 2. The number of nitrogens with zero attached hydrogens (tertiary/aromatic N) is 2. The Morgan fingerprint density at radius 1 is 1.06 bits per heavy atom. The molecule has 2 aromatic carbocycles. The SMILES string of the molecule is O=C(CC1(c2ccc(F)cc2)CC1)N(Cc1ccccn1)C(c1ccc(Cl)cc1)C1CC1. The van der Waals surface area contributed by atoms with Crippen molar-refractivity contribution in [2.45, 2.75) is 50.1 Å². The number of carbonyl (C=O) groups excluding carboxylic acids is 1. The highest BCUT2D eigenvalue weighted by atomic mass is 35.5. The highest BCUT2D eigenvalue weighted by Gasteiger charge is 2.48. The van der Waals surface area contributed by atoms with Gasteiger partial charge in [0.1, 0.15) is 5.82 Å². The molecule has 2 fully saturated rings. The minimum atomic E-state index is -0.246. The van der Waals surface area contributed by atoms with Crippen LogP contribution >= 0.6 is 11.6 Å². The lowest BCUT2D eigenvalue weighted by Crippen LogP contribution is -2.37. The van der Waals surface area contributed by atoms with Gasteiger partial charge in [0.2, 0.25) is 5.91 Å². The molecule has 1 aromatic heterocycles. The minimum Gasteiger partial charge on any atom is -0.329 e. The largest absolute Gasteiger partial charge is 0.329 e. The fourth-order valence-corrected chi connectivity index (χ4v) is 4.83. The van der Waals surface area contributed by atoms with Gasteiger partial charge in [-0.25, -0.2) is 4.39 Å². The average Bonchev–Trinajstić information content (AvgIpc) is 3.73. The standard InChI is InChI=1S/C27H26ClFN2O/c28-22-10-6-20(7-11-22)26(19-4-5-19)31(18-24-3-1-2-16-30-24)25(32)17-27(14-15-27)21-8-12-23(29)13-9-21/h1-3,6-13,16,19,26H,4-5,14-15,17-18H2. The Morgan fingerprint density at radius 2 is 1.78 bits per heavy atom. The Kier molecular flexibility index (Phi) is 5.73. The van der Waals surface area contributed by atoms with Gasteiger partial charge in [-0.3, -0.25) is 9.78 Å². The molecule has 2 aliphatic rings. The molecule has 32 heavy (non-hydrogen) atoms. The van der Waals surface area contributed by atoms with Gasteiger partial charge in [-0.2, -0.15) is 0 Å². The van der Waals surface area contributed by atoms with Crippen LogP contribution in [0.5, 0.6) is 0 Å². The van der Waals surface area contributed by atoms with Gasteiger partial charge in [0, 0.05) is 23.1 Å². The summed E-state index contributed by atoms with van der Waals surface area (Å²) in [6, 6.07) is 20.3. The lowest BCUT2D eigenvalue weighted by atomic mass is 9.90. The minimum absolute atomic E-state index is 0.00536. The predicted molar refractivity (Wildman–Crippen MR) is 124 cm³/mol. The molecule has 0 aliphatic heterocycles. The number of pyridine rings is 1. The Bertz CT molecular complexity index is 1080. The Balaban J connectivity index is 1.45. The van der Waals surface area contributed by atoms with Crippen molar-refractivity contribution >= 4 is 17.5 Å². The van der Waals surface area contributed by atoms with Gasteiger partial charge in [0.15, 0.2) is 0 Å². The van der Waals surface area contributed by atoms with Crippen molar-refractivity contribution in [3.63, 3.8) is 0 Å². The normalized spacial score (nSPS) is 17.6. The van der Waals surface area contributed by atoms with Crippen LogP contribution in [-0.4, -0.2) is 15.8 Å². The van der Waals surface area contributed by atoms with Gasteiger partial charge in [-0.05, 0) is 79.1 Å². The van der Waals surface area contributed by atoms with Gasteiger partial charge < -0.3 is 4.90 Å². The Hall–Kier alpha value is -2.72. The molecular formula is C27H26ClFN2O. The monoisotopic (exact) mass is 448 g/mol. The van der Waals surface area contributed by atoms with Crippen LogP contribution in [0.15, 0.2) is 72.9 Å². The third-order valence-corrected chi connectivity index (χ3v) is 7.05. The van der Waals surface area contributed by atoms with E-state index in [-0.39, 0.29) is 23.2 Å². The maximum atomic E-state index is 13.9. The van der Waals surface area contributed by atoms with Gasteiger partial charge in [0.25, 0.3) is 0 Å². The van der Waals surface area contributed by atoms with Crippen LogP contribution in [0.25, 0.3) is 0 Å². The molecule has 1 atom stereocenters. The molecule has 2 saturated carbocycles. The van der Waals surface area contributed by atoms with Crippen LogP contribution < -0.4 is 0 Å². The van der Waals surface area contributed by atoms with E-state index in [4.69, 9.17) is 11.6 Å². The maximum Gasteiger partial charge on any atom is 0.224 e. The van der Waals surface area contributed by atoms with Crippen molar-refractivity contribution < 1.29 is 9.18 Å². The smallest absolute Gasteiger partial charge is 0.224 e. The van der Waals surface area contributed by atoms with Crippen LogP contribution in [0, 0.1) is 11.7 Å².